The molecule has 210 valence electrons. The molecule has 40 heavy (non-hydrogen) atoms. The molecule has 0 bridgehead atoms. The number of rotatable bonds is 14. The van der Waals surface area contributed by atoms with E-state index in [-0.39, 0.29) is 11.3 Å². The van der Waals surface area contributed by atoms with Gasteiger partial charge in [-0.2, -0.15) is 0 Å². The molecule has 0 spiro atoms. The van der Waals surface area contributed by atoms with Crippen LogP contribution in [0.1, 0.15) is 54.5 Å². The fourth-order valence-corrected chi connectivity index (χ4v) is 4.71. The lowest BCUT2D eigenvalue weighted by Crippen LogP contribution is -2.27. The van der Waals surface area contributed by atoms with Crippen LogP contribution in [-0.2, 0) is 0 Å². The maximum absolute atomic E-state index is 11.6. The maximum atomic E-state index is 11.6. The lowest BCUT2D eigenvalue weighted by atomic mass is 9.98. The Morgan fingerprint density at radius 2 is 1.68 bits per heavy atom. The van der Waals surface area contributed by atoms with Gasteiger partial charge < -0.3 is 35.7 Å². The Morgan fingerprint density at radius 3 is 2.48 bits per heavy atom. The largest absolute Gasteiger partial charge is 0.506 e. The summed E-state index contributed by atoms with van der Waals surface area (Å²) in [7, 11) is 0. The van der Waals surface area contributed by atoms with E-state index < -0.39 is 18.2 Å². The summed E-state index contributed by atoms with van der Waals surface area (Å²) < 4.78 is 5.93. The molecule has 0 radical (unpaired) electrons. The van der Waals surface area contributed by atoms with E-state index in [1.807, 2.05) is 54.6 Å². The third-order valence-electron chi connectivity index (χ3n) is 6.71. The molecular weight excluding hydrogens is 510 g/mol. The molecule has 6 N–H and O–H groups in total. The van der Waals surface area contributed by atoms with Gasteiger partial charge in [-0.15, -0.1) is 0 Å². The number of unbranched alkanes of at least 4 members (excludes halogenated alkanes) is 3. The van der Waals surface area contributed by atoms with Crippen LogP contribution < -0.4 is 20.9 Å². The Bertz CT molecular complexity index is 1460. The van der Waals surface area contributed by atoms with E-state index in [9.17, 15) is 24.9 Å². The van der Waals surface area contributed by atoms with Crippen molar-refractivity contribution in [3.63, 3.8) is 0 Å². The van der Waals surface area contributed by atoms with Crippen molar-refractivity contribution in [3.8, 4) is 11.5 Å². The van der Waals surface area contributed by atoms with Gasteiger partial charge in [-0.3, -0.25) is 4.79 Å². The van der Waals surface area contributed by atoms with Crippen molar-refractivity contribution in [1.82, 2.24) is 15.6 Å². The molecule has 0 saturated carbocycles. The Hall–Kier alpha value is -4.34. The van der Waals surface area contributed by atoms with Crippen LogP contribution >= 0.6 is 0 Å². The van der Waals surface area contributed by atoms with Gasteiger partial charge in [-0.25, -0.2) is 4.79 Å². The number of ether oxygens (including phenoxy) is 1. The number of aromatic amines is 1. The molecule has 1 unspecified atom stereocenters. The van der Waals surface area contributed by atoms with Gasteiger partial charge in [0.1, 0.15) is 11.5 Å². The van der Waals surface area contributed by atoms with Crippen LogP contribution in [0.3, 0.4) is 0 Å². The number of aromatic hydroxyl groups is 1. The summed E-state index contributed by atoms with van der Waals surface area (Å²) >= 11 is 0. The van der Waals surface area contributed by atoms with E-state index in [4.69, 9.17) is 4.74 Å². The molecule has 1 heterocycles. The molecule has 0 aliphatic heterocycles. The molecule has 9 nitrogen and oxygen atoms in total. The number of carbonyl (C=O) groups is 1. The summed E-state index contributed by atoms with van der Waals surface area (Å²) in [6, 6.07) is 22.6. The maximum Gasteiger partial charge on any atom is 0.405 e. The highest BCUT2D eigenvalue weighted by Gasteiger charge is 2.17. The fourth-order valence-electron chi connectivity index (χ4n) is 4.71. The number of fused-ring (bicyclic) bond motifs is 1. The van der Waals surface area contributed by atoms with Gasteiger partial charge in [0.25, 0.3) is 0 Å². The smallest absolute Gasteiger partial charge is 0.405 e. The molecule has 0 aliphatic rings. The molecule has 9 heteroatoms. The number of aliphatic hydroxyl groups is 1. The van der Waals surface area contributed by atoms with Crippen molar-refractivity contribution in [2.45, 2.75) is 37.8 Å². The van der Waals surface area contributed by atoms with Crippen LogP contribution in [0, 0.1) is 0 Å². The lowest BCUT2D eigenvalue weighted by molar-refractivity contribution is 0.176. The number of pyridine rings is 1. The van der Waals surface area contributed by atoms with Gasteiger partial charge in [-0.05, 0) is 60.3 Å². The number of aromatic nitrogens is 1. The second kappa shape index (κ2) is 14.2. The van der Waals surface area contributed by atoms with Crippen molar-refractivity contribution in [3.05, 3.63) is 106 Å². The molecule has 1 amide bonds. The molecule has 2 atom stereocenters. The number of phenolic OH excluding ortho intramolecular Hbond substituents is 1. The zero-order valence-corrected chi connectivity index (χ0v) is 22.2. The summed E-state index contributed by atoms with van der Waals surface area (Å²) in [6.45, 7) is 1.68. The van der Waals surface area contributed by atoms with Gasteiger partial charge >= 0.3 is 6.09 Å². The van der Waals surface area contributed by atoms with Crippen LogP contribution in [0.4, 0.5) is 4.79 Å². The Morgan fingerprint density at radius 1 is 0.900 bits per heavy atom. The van der Waals surface area contributed by atoms with Gasteiger partial charge in [0.05, 0.1) is 24.3 Å². The zero-order valence-electron chi connectivity index (χ0n) is 22.2. The first-order valence-electron chi connectivity index (χ1n) is 13.4. The van der Waals surface area contributed by atoms with Gasteiger partial charge in [0.15, 0.2) is 0 Å². The van der Waals surface area contributed by atoms with Crippen molar-refractivity contribution < 1.29 is 24.9 Å². The lowest BCUT2D eigenvalue weighted by Gasteiger charge is -2.19. The average molecular weight is 546 g/mol. The van der Waals surface area contributed by atoms with Crippen molar-refractivity contribution in [1.29, 1.82) is 0 Å². The van der Waals surface area contributed by atoms with E-state index in [0.29, 0.717) is 35.4 Å². The third kappa shape index (κ3) is 7.84. The summed E-state index contributed by atoms with van der Waals surface area (Å²) in [4.78, 5) is 25.6. The number of nitrogens with one attached hydrogen (secondary N) is 3. The van der Waals surface area contributed by atoms with E-state index in [1.54, 1.807) is 12.1 Å². The highest BCUT2D eigenvalue weighted by molar-refractivity contribution is 5.87. The summed E-state index contributed by atoms with van der Waals surface area (Å²) in [5.41, 5.74) is 2.33. The number of aliphatic hydroxyl groups excluding tert-OH is 1. The van der Waals surface area contributed by atoms with E-state index in [1.165, 1.54) is 12.1 Å². The van der Waals surface area contributed by atoms with Crippen molar-refractivity contribution in [2.24, 2.45) is 0 Å². The fraction of sp³-hybridized carbons (Fsp3) is 0.290. The van der Waals surface area contributed by atoms with Crippen molar-refractivity contribution in [2.75, 3.05) is 19.7 Å². The van der Waals surface area contributed by atoms with Crippen molar-refractivity contribution >= 4 is 17.0 Å². The van der Waals surface area contributed by atoms with Crippen LogP contribution in [-0.4, -0.2) is 46.1 Å². The SMILES string of the molecule is O=C(O)NC(c1ccccc1)c1cccc(OCCCCCCNC[C@H](O)c2ccc(O)c3[nH]c(=O)ccc23)c1. The first-order valence-corrected chi connectivity index (χ1v) is 13.4. The molecule has 0 aliphatic carbocycles. The van der Waals surface area contributed by atoms with E-state index >= 15 is 0 Å². The number of benzene rings is 3. The quantitative estimate of drug-likeness (QED) is 0.124. The Kier molecular flexibility index (Phi) is 10.1. The minimum Gasteiger partial charge on any atom is -0.506 e. The Labute approximate surface area is 232 Å². The average Bonchev–Trinajstić information content (AvgIpc) is 2.96. The summed E-state index contributed by atoms with van der Waals surface area (Å²) in [6.07, 6.45) is 1.98. The molecule has 0 saturated heterocycles. The number of carboxylic acid groups (broad SMARTS) is 1. The topological polar surface area (TPSA) is 144 Å². The standard InChI is InChI=1S/C31H35N3O6/c35-26-15-13-24(25-14-16-28(37)33-30(25)26)27(36)20-32-17-6-1-2-7-18-40-23-12-8-11-22(19-23)29(34-31(38)39)21-9-4-3-5-10-21/h3-5,8-16,19,27,29,32,34-36H,1-2,6-7,17-18,20H2,(H,33,37)(H,38,39)/t27-,29?/m0/s1. The molecule has 4 aromatic rings. The zero-order chi connectivity index (χ0) is 28.3. The number of hydrogen-bond donors (Lipinski definition) is 6. The van der Waals surface area contributed by atoms with Crippen LogP contribution in [0.5, 0.6) is 11.5 Å². The molecule has 0 fully saturated rings. The number of H-pyrrole nitrogens is 1. The van der Waals surface area contributed by atoms with E-state index in [0.717, 1.165) is 43.4 Å². The van der Waals surface area contributed by atoms with Crippen LogP contribution in [0.2, 0.25) is 0 Å². The minimum atomic E-state index is -1.09. The third-order valence-corrected chi connectivity index (χ3v) is 6.71. The monoisotopic (exact) mass is 545 g/mol. The first kappa shape index (κ1) is 28.7. The van der Waals surface area contributed by atoms with Gasteiger partial charge in [0, 0.05) is 18.0 Å². The molecule has 3 aromatic carbocycles. The van der Waals surface area contributed by atoms with Crippen LogP contribution in [0.25, 0.3) is 10.9 Å². The Balaban J connectivity index is 1.16. The molecule has 4 rings (SSSR count). The summed E-state index contributed by atoms with van der Waals surface area (Å²) in [5, 5.41) is 36.4. The highest BCUT2D eigenvalue weighted by Crippen LogP contribution is 2.28. The molecular formula is C31H35N3O6. The summed E-state index contributed by atoms with van der Waals surface area (Å²) in [5.74, 6) is 0.673. The highest BCUT2D eigenvalue weighted by atomic mass is 16.5. The minimum absolute atomic E-state index is 0.0279. The predicted octanol–water partition coefficient (Wildman–Crippen LogP) is 4.85. The second-order valence-corrected chi connectivity index (χ2v) is 9.63. The number of amides is 1. The second-order valence-electron chi connectivity index (χ2n) is 9.63. The normalized spacial score (nSPS) is 12.6. The van der Waals surface area contributed by atoms with Crippen LogP contribution in [0.15, 0.2) is 83.7 Å². The van der Waals surface area contributed by atoms with Gasteiger partial charge in [-0.1, -0.05) is 61.4 Å². The number of hydrogen-bond acceptors (Lipinski definition) is 6. The number of phenols is 1. The molecule has 1 aromatic heterocycles. The van der Waals surface area contributed by atoms with E-state index in [2.05, 4.69) is 15.6 Å². The first-order chi connectivity index (χ1) is 19.4. The predicted molar refractivity (Wildman–Crippen MR) is 154 cm³/mol. The van der Waals surface area contributed by atoms with Gasteiger partial charge in [0.2, 0.25) is 5.56 Å².